The van der Waals surface area contributed by atoms with Crippen LogP contribution < -0.4 is 5.32 Å². The molecule has 1 amide bonds. The second kappa shape index (κ2) is 6.11. The van der Waals surface area contributed by atoms with Crippen molar-refractivity contribution in [2.24, 2.45) is 5.92 Å². The van der Waals surface area contributed by atoms with E-state index in [0.717, 1.165) is 0 Å². The fourth-order valence-electron chi connectivity index (χ4n) is 0.989. The van der Waals surface area contributed by atoms with Crippen molar-refractivity contribution in [2.45, 2.75) is 13.8 Å². The van der Waals surface area contributed by atoms with E-state index in [1.807, 2.05) is 13.8 Å². The molecule has 0 spiro atoms. The summed E-state index contributed by atoms with van der Waals surface area (Å²) in [4.78, 5) is 11.4. The van der Waals surface area contributed by atoms with Gasteiger partial charge in [0.15, 0.2) is 0 Å². The predicted molar refractivity (Wildman–Crippen MR) is 69.0 cm³/mol. The third-order valence-electron chi connectivity index (χ3n) is 1.74. The molecule has 1 rings (SSSR count). The Morgan fingerprint density at radius 1 is 1.56 bits per heavy atom. The summed E-state index contributed by atoms with van der Waals surface area (Å²) in [6, 6.07) is 5.23. The maximum Gasteiger partial charge on any atom is 0.411 e. The van der Waals surface area contributed by atoms with Crippen LogP contribution >= 0.6 is 27.5 Å². The van der Waals surface area contributed by atoms with E-state index in [-0.39, 0.29) is 0 Å². The van der Waals surface area contributed by atoms with Crippen LogP contribution in [0.5, 0.6) is 0 Å². The minimum absolute atomic E-state index is 0.313. The lowest BCUT2D eigenvalue weighted by atomic mass is 10.2. The van der Waals surface area contributed by atoms with Gasteiger partial charge in [-0.15, -0.1) is 0 Å². The molecule has 0 aromatic heterocycles. The quantitative estimate of drug-likeness (QED) is 0.904. The lowest BCUT2D eigenvalue weighted by molar-refractivity contribution is 0.147. The van der Waals surface area contributed by atoms with Crippen LogP contribution in [-0.2, 0) is 4.74 Å². The van der Waals surface area contributed by atoms with Gasteiger partial charge in [-0.1, -0.05) is 31.5 Å². The Kier molecular flexibility index (Phi) is 5.09. The monoisotopic (exact) mass is 305 g/mol. The molecule has 5 heteroatoms. The van der Waals surface area contributed by atoms with Crippen LogP contribution in [0, 0.1) is 5.92 Å². The van der Waals surface area contributed by atoms with Gasteiger partial charge < -0.3 is 4.74 Å². The van der Waals surface area contributed by atoms with Crippen molar-refractivity contribution in [3.63, 3.8) is 0 Å². The van der Waals surface area contributed by atoms with Crippen molar-refractivity contribution in [2.75, 3.05) is 11.9 Å². The number of ether oxygens (including phenoxy) is 1. The van der Waals surface area contributed by atoms with E-state index in [4.69, 9.17) is 16.3 Å². The van der Waals surface area contributed by atoms with Gasteiger partial charge in [0.05, 0.1) is 21.8 Å². The number of benzene rings is 1. The van der Waals surface area contributed by atoms with Crippen molar-refractivity contribution < 1.29 is 9.53 Å². The first-order valence-corrected chi connectivity index (χ1v) is 6.05. The van der Waals surface area contributed by atoms with Crippen LogP contribution in [0.15, 0.2) is 22.7 Å². The van der Waals surface area contributed by atoms with Gasteiger partial charge in [-0.2, -0.15) is 0 Å². The molecule has 0 saturated carbocycles. The Morgan fingerprint density at radius 2 is 2.25 bits per heavy atom. The average molecular weight is 307 g/mol. The van der Waals surface area contributed by atoms with Gasteiger partial charge in [0.25, 0.3) is 0 Å². The number of rotatable bonds is 3. The number of carbonyl (C=O) groups excluding carboxylic acids is 1. The molecule has 1 aromatic rings. The molecule has 0 saturated heterocycles. The van der Waals surface area contributed by atoms with Gasteiger partial charge in [0, 0.05) is 0 Å². The Labute approximate surface area is 108 Å². The van der Waals surface area contributed by atoms with Gasteiger partial charge in [-0.25, -0.2) is 4.79 Å². The molecule has 0 aliphatic heterocycles. The normalized spacial score (nSPS) is 10.3. The largest absolute Gasteiger partial charge is 0.449 e. The van der Waals surface area contributed by atoms with Crippen molar-refractivity contribution in [1.82, 2.24) is 0 Å². The van der Waals surface area contributed by atoms with E-state index in [0.29, 0.717) is 27.7 Å². The molecule has 0 fully saturated rings. The summed E-state index contributed by atoms with van der Waals surface area (Å²) in [6.45, 7) is 4.34. The van der Waals surface area contributed by atoms with Gasteiger partial charge >= 0.3 is 6.09 Å². The van der Waals surface area contributed by atoms with Crippen molar-refractivity contribution in [3.8, 4) is 0 Å². The van der Waals surface area contributed by atoms with E-state index < -0.39 is 6.09 Å². The number of nitrogens with one attached hydrogen (secondary N) is 1. The lowest BCUT2D eigenvalue weighted by Crippen LogP contribution is -2.16. The molecule has 88 valence electrons. The van der Waals surface area contributed by atoms with Gasteiger partial charge in [0.1, 0.15) is 0 Å². The zero-order valence-corrected chi connectivity index (χ0v) is 11.4. The topological polar surface area (TPSA) is 38.3 Å². The highest BCUT2D eigenvalue weighted by Gasteiger charge is 2.08. The van der Waals surface area contributed by atoms with E-state index in [1.165, 1.54) is 0 Å². The molecule has 0 heterocycles. The summed E-state index contributed by atoms with van der Waals surface area (Å²) in [5.41, 5.74) is 0.598. The summed E-state index contributed by atoms with van der Waals surface area (Å²) in [5, 5.41) is 3.16. The lowest BCUT2D eigenvalue weighted by Gasteiger charge is -2.10. The molecule has 1 N–H and O–H groups in total. The first-order valence-electron chi connectivity index (χ1n) is 4.88. The van der Waals surface area contributed by atoms with Crippen LogP contribution in [0.4, 0.5) is 10.5 Å². The highest BCUT2D eigenvalue weighted by molar-refractivity contribution is 9.10. The average Bonchev–Trinajstić information content (AvgIpc) is 2.22. The zero-order valence-electron chi connectivity index (χ0n) is 9.09. The first kappa shape index (κ1) is 13.3. The van der Waals surface area contributed by atoms with Crippen LogP contribution in [0.3, 0.4) is 0 Å². The number of anilines is 1. The van der Waals surface area contributed by atoms with Gasteiger partial charge in [0.2, 0.25) is 0 Å². The van der Waals surface area contributed by atoms with E-state index in [9.17, 15) is 4.79 Å². The zero-order chi connectivity index (χ0) is 12.1. The third kappa shape index (κ3) is 4.02. The third-order valence-corrected chi connectivity index (χ3v) is 3.13. The molecular weight excluding hydrogens is 293 g/mol. The molecule has 0 aliphatic rings. The minimum Gasteiger partial charge on any atom is -0.449 e. The summed E-state index contributed by atoms with van der Waals surface area (Å²) < 4.78 is 5.64. The summed E-state index contributed by atoms with van der Waals surface area (Å²) in [5.74, 6) is 0.313. The molecule has 0 radical (unpaired) electrons. The van der Waals surface area contributed by atoms with Crippen LogP contribution in [0.2, 0.25) is 5.02 Å². The van der Waals surface area contributed by atoms with E-state index in [2.05, 4.69) is 21.2 Å². The highest BCUT2D eigenvalue weighted by Crippen LogP contribution is 2.29. The molecule has 16 heavy (non-hydrogen) atoms. The maximum atomic E-state index is 11.4. The van der Waals surface area contributed by atoms with Crippen LogP contribution in [-0.4, -0.2) is 12.7 Å². The van der Waals surface area contributed by atoms with Crippen molar-refractivity contribution >= 4 is 39.3 Å². The molecule has 0 atom stereocenters. The smallest absolute Gasteiger partial charge is 0.411 e. The Balaban J connectivity index is 2.59. The molecular formula is C11H13BrClNO2. The number of hydrogen-bond donors (Lipinski definition) is 1. The molecule has 1 aromatic carbocycles. The van der Waals surface area contributed by atoms with Crippen molar-refractivity contribution in [1.29, 1.82) is 0 Å². The van der Waals surface area contributed by atoms with Gasteiger partial charge in [-0.05, 0) is 34.0 Å². The second-order valence-electron chi connectivity index (χ2n) is 3.72. The molecule has 0 bridgehead atoms. The molecule has 0 unspecified atom stereocenters. The fourth-order valence-corrected chi connectivity index (χ4v) is 1.53. The van der Waals surface area contributed by atoms with Gasteiger partial charge in [-0.3, -0.25) is 5.32 Å². The van der Waals surface area contributed by atoms with Crippen LogP contribution in [0.25, 0.3) is 0 Å². The summed E-state index contributed by atoms with van der Waals surface area (Å²) >= 11 is 9.17. The highest BCUT2D eigenvalue weighted by atomic mass is 79.9. The number of amides is 1. The molecule has 0 aliphatic carbocycles. The Hall–Kier alpha value is -0.740. The summed E-state index contributed by atoms with van der Waals surface area (Å²) in [7, 11) is 0. The van der Waals surface area contributed by atoms with Crippen molar-refractivity contribution in [3.05, 3.63) is 27.7 Å². The molecule has 3 nitrogen and oxygen atoms in total. The Bertz CT molecular complexity index is 382. The first-order chi connectivity index (χ1) is 7.50. The predicted octanol–water partition coefficient (Wildman–Crippen LogP) is 4.31. The van der Waals surface area contributed by atoms with E-state index >= 15 is 0 Å². The SMILES string of the molecule is CC(C)COC(=O)Nc1cccc(Cl)c1Br. The minimum atomic E-state index is -0.475. The Morgan fingerprint density at radius 3 is 2.88 bits per heavy atom. The second-order valence-corrected chi connectivity index (χ2v) is 4.92. The standard InChI is InChI=1S/C11H13BrClNO2/c1-7(2)6-16-11(15)14-9-5-3-4-8(13)10(9)12/h3-5,7H,6H2,1-2H3,(H,14,15). The number of carbonyl (C=O) groups is 1. The summed E-state index contributed by atoms with van der Waals surface area (Å²) in [6.07, 6.45) is -0.475. The fraction of sp³-hybridized carbons (Fsp3) is 0.364. The number of hydrogen-bond acceptors (Lipinski definition) is 2. The van der Waals surface area contributed by atoms with Crippen LogP contribution in [0.1, 0.15) is 13.8 Å². The maximum absolute atomic E-state index is 11.4. The number of halogens is 2. The van der Waals surface area contributed by atoms with E-state index in [1.54, 1.807) is 18.2 Å².